The number of hydrogen-bond donors (Lipinski definition) is 1. The van der Waals surface area contributed by atoms with Crippen molar-refractivity contribution in [1.29, 1.82) is 0 Å². The Balaban J connectivity index is 0.00000192. The number of nitrogens with zero attached hydrogens (tertiary/aromatic N) is 1. The molecule has 1 amide bonds. The van der Waals surface area contributed by atoms with E-state index < -0.39 is 0 Å². The first-order valence-electron chi connectivity index (χ1n) is 8.15. The molecule has 1 aliphatic rings. The highest BCUT2D eigenvalue weighted by atomic mass is 35.5. The molecule has 0 spiro atoms. The molecule has 1 saturated heterocycles. The zero-order valence-electron chi connectivity index (χ0n) is 13.8. The molecular weight excluding hydrogens is 308 g/mol. The van der Waals surface area contributed by atoms with Crippen LogP contribution in [0.15, 0.2) is 42.5 Å². The Morgan fingerprint density at radius 3 is 2.70 bits per heavy atom. The average molecular weight is 333 g/mol. The number of piperazine rings is 1. The van der Waals surface area contributed by atoms with Crippen molar-refractivity contribution >= 4 is 29.1 Å². The van der Waals surface area contributed by atoms with Gasteiger partial charge in [-0.1, -0.05) is 42.5 Å². The molecule has 0 aromatic heterocycles. The molecule has 0 aliphatic carbocycles. The topological polar surface area (TPSA) is 32.3 Å². The zero-order chi connectivity index (χ0) is 15.5. The van der Waals surface area contributed by atoms with Crippen LogP contribution in [-0.4, -0.2) is 36.0 Å². The predicted molar refractivity (Wildman–Crippen MR) is 98.2 cm³/mol. The molecule has 1 fully saturated rings. The van der Waals surface area contributed by atoms with E-state index in [0.29, 0.717) is 12.5 Å². The van der Waals surface area contributed by atoms with Gasteiger partial charge in [-0.3, -0.25) is 4.79 Å². The molecule has 124 valence electrons. The summed E-state index contributed by atoms with van der Waals surface area (Å²) >= 11 is 0. The van der Waals surface area contributed by atoms with Gasteiger partial charge in [0.1, 0.15) is 0 Å². The van der Waals surface area contributed by atoms with Crippen LogP contribution in [0.1, 0.15) is 25.8 Å². The second-order valence-corrected chi connectivity index (χ2v) is 6.25. The molecule has 1 N–H and O–H groups in total. The van der Waals surface area contributed by atoms with E-state index in [1.54, 1.807) is 0 Å². The van der Waals surface area contributed by atoms with E-state index in [4.69, 9.17) is 0 Å². The molecule has 1 heterocycles. The maximum Gasteiger partial charge on any atom is 0.223 e. The van der Waals surface area contributed by atoms with Gasteiger partial charge in [-0.25, -0.2) is 0 Å². The fourth-order valence-corrected chi connectivity index (χ4v) is 3.20. The number of nitrogens with one attached hydrogen (secondary N) is 1. The molecule has 4 heteroatoms. The van der Waals surface area contributed by atoms with Gasteiger partial charge in [0, 0.05) is 31.6 Å². The van der Waals surface area contributed by atoms with Crippen LogP contribution >= 0.6 is 12.4 Å². The highest BCUT2D eigenvalue weighted by Crippen LogP contribution is 2.18. The number of rotatable bonds is 3. The van der Waals surface area contributed by atoms with E-state index in [1.807, 2.05) is 4.90 Å². The normalized spacial score (nSPS) is 21.0. The van der Waals surface area contributed by atoms with E-state index in [0.717, 1.165) is 19.5 Å². The number of aryl methyl sites for hydroxylation is 1. The summed E-state index contributed by atoms with van der Waals surface area (Å²) in [5.74, 6) is 0.272. The van der Waals surface area contributed by atoms with Crippen molar-refractivity contribution in [3.8, 4) is 0 Å². The van der Waals surface area contributed by atoms with Crippen molar-refractivity contribution in [1.82, 2.24) is 10.2 Å². The van der Waals surface area contributed by atoms with Gasteiger partial charge in [0.15, 0.2) is 0 Å². The van der Waals surface area contributed by atoms with E-state index in [2.05, 4.69) is 61.6 Å². The third kappa shape index (κ3) is 4.04. The molecule has 23 heavy (non-hydrogen) atoms. The molecule has 3 rings (SSSR count). The molecule has 0 saturated carbocycles. The van der Waals surface area contributed by atoms with Crippen LogP contribution in [0.3, 0.4) is 0 Å². The summed E-state index contributed by atoms with van der Waals surface area (Å²) in [5.41, 5.74) is 1.24. The van der Waals surface area contributed by atoms with Crippen molar-refractivity contribution in [2.75, 3.05) is 13.1 Å². The van der Waals surface area contributed by atoms with Crippen molar-refractivity contribution < 1.29 is 4.79 Å². The molecule has 1 aliphatic heterocycles. The maximum absolute atomic E-state index is 12.5. The molecule has 2 aromatic rings. The lowest BCUT2D eigenvalue weighted by Crippen LogP contribution is -2.57. The third-order valence-electron chi connectivity index (χ3n) is 4.80. The monoisotopic (exact) mass is 332 g/mol. The molecule has 2 unspecified atom stereocenters. The number of benzene rings is 2. The highest BCUT2D eigenvalue weighted by Gasteiger charge is 2.27. The molecule has 2 atom stereocenters. The van der Waals surface area contributed by atoms with Gasteiger partial charge in [0.25, 0.3) is 0 Å². The lowest BCUT2D eigenvalue weighted by atomic mass is 10.0. The van der Waals surface area contributed by atoms with Gasteiger partial charge in [-0.05, 0) is 36.6 Å². The molecular formula is C19H25ClN2O. The molecule has 2 aromatic carbocycles. The number of fused-ring (bicyclic) bond motifs is 1. The second-order valence-electron chi connectivity index (χ2n) is 6.25. The van der Waals surface area contributed by atoms with Crippen molar-refractivity contribution in [2.45, 2.75) is 38.8 Å². The quantitative estimate of drug-likeness (QED) is 0.934. The third-order valence-corrected chi connectivity index (χ3v) is 4.80. The van der Waals surface area contributed by atoms with Crippen LogP contribution in [0.25, 0.3) is 10.8 Å². The van der Waals surface area contributed by atoms with Crippen molar-refractivity contribution in [2.24, 2.45) is 0 Å². The van der Waals surface area contributed by atoms with Gasteiger partial charge in [-0.2, -0.15) is 0 Å². The smallest absolute Gasteiger partial charge is 0.223 e. The first kappa shape index (κ1) is 17.8. The Morgan fingerprint density at radius 2 is 1.91 bits per heavy atom. The summed E-state index contributed by atoms with van der Waals surface area (Å²) in [5, 5.41) is 5.92. The summed E-state index contributed by atoms with van der Waals surface area (Å²) < 4.78 is 0. The van der Waals surface area contributed by atoms with Crippen molar-refractivity contribution in [3.63, 3.8) is 0 Å². The lowest BCUT2D eigenvalue weighted by molar-refractivity contribution is -0.134. The minimum Gasteiger partial charge on any atom is -0.337 e. The Bertz CT molecular complexity index is 673. The van der Waals surface area contributed by atoms with Crippen LogP contribution < -0.4 is 5.32 Å². The maximum atomic E-state index is 12.5. The minimum atomic E-state index is 0. The lowest BCUT2D eigenvalue weighted by Gasteiger charge is -2.38. The van der Waals surface area contributed by atoms with Gasteiger partial charge >= 0.3 is 0 Å². The van der Waals surface area contributed by atoms with Gasteiger partial charge in [-0.15, -0.1) is 12.4 Å². The molecule has 3 nitrogen and oxygen atoms in total. The van der Waals surface area contributed by atoms with Crippen LogP contribution in [-0.2, 0) is 11.2 Å². The van der Waals surface area contributed by atoms with Gasteiger partial charge in [0.05, 0.1) is 0 Å². The Labute approximate surface area is 144 Å². The minimum absolute atomic E-state index is 0. The average Bonchev–Trinajstić information content (AvgIpc) is 2.55. The second kappa shape index (κ2) is 7.80. The molecule has 0 radical (unpaired) electrons. The van der Waals surface area contributed by atoms with Crippen LogP contribution in [0.2, 0.25) is 0 Å². The number of amides is 1. The highest BCUT2D eigenvalue weighted by molar-refractivity contribution is 5.85. The van der Waals surface area contributed by atoms with E-state index in [9.17, 15) is 4.79 Å². The van der Waals surface area contributed by atoms with Crippen LogP contribution in [0.4, 0.5) is 0 Å². The number of carbonyl (C=O) groups is 1. The largest absolute Gasteiger partial charge is 0.337 e. The Kier molecular flexibility index (Phi) is 6.03. The SMILES string of the molecule is CC1NCCN(C(=O)CCc2ccc3ccccc3c2)C1C.Cl. The predicted octanol–water partition coefficient (Wildman–Crippen LogP) is 3.40. The van der Waals surface area contributed by atoms with Crippen LogP contribution in [0, 0.1) is 0 Å². The van der Waals surface area contributed by atoms with E-state index >= 15 is 0 Å². The Hall–Kier alpha value is -1.58. The fraction of sp³-hybridized carbons (Fsp3) is 0.421. The number of carbonyl (C=O) groups excluding carboxylic acids is 1. The first-order chi connectivity index (χ1) is 10.6. The first-order valence-corrected chi connectivity index (χ1v) is 8.15. The molecule has 0 bridgehead atoms. The Morgan fingerprint density at radius 1 is 1.17 bits per heavy atom. The fourth-order valence-electron chi connectivity index (χ4n) is 3.20. The van der Waals surface area contributed by atoms with Crippen molar-refractivity contribution in [3.05, 3.63) is 48.0 Å². The zero-order valence-corrected chi connectivity index (χ0v) is 14.6. The van der Waals surface area contributed by atoms with E-state index in [1.165, 1.54) is 16.3 Å². The number of halogens is 1. The summed E-state index contributed by atoms with van der Waals surface area (Å²) in [6.45, 7) is 5.99. The summed E-state index contributed by atoms with van der Waals surface area (Å²) in [7, 11) is 0. The standard InChI is InChI=1S/C19H24N2O.ClH/c1-14-15(2)21(12-11-20-14)19(22)10-8-16-7-9-17-5-3-4-6-18(17)13-16;/h3-7,9,13-15,20H,8,10-12H2,1-2H3;1H. The number of hydrogen-bond acceptors (Lipinski definition) is 2. The van der Waals surface area contributed by atoms with E-state index in [-0.39, 0.29) is 24.4 Å². The summed E-state index contributed by atoms with van der Waals surface area (Å²) in [6, 6.07) is 15.5. The summed E-state index contributed by atoms with van der Waals surface area (Å²) in [6.07, 6.45) is 1.41. The summed E-state index contributed by atoms with van der Waals surface area (Å²) in [4.78, 5) is 14.5. The van der Waals surface area contributed by atoms with Crippen LogP contribution in [0.5, 0.6) is 0 Å². The van der Waals surface area contributed by atoms with Gasteiger partial charge < -0.3 is 10.2 Å². The van der Waals surface area contributed by atoms with Gasteiger partial charge in [0.2, 0.25) is 5.91 Å².